The number of benzene rings is 2. The monoisotopic (exact) mass is 289 g/mol. The van der Waals surface area contributed by atoms with Gasteiger partial charge in [-0.3, -0.25) is 0 Å². The molecule has 0 unspecified atom stereocenters. The van der Waals surface area contributed by atoms with Crippen LogP contribution in [-0.2, 0) is 6.54 Å². The second kappa shape index (κ2) is 7.05. The van der Waals surface area contributed by atoms with Crippen LogP contribution in [0.15, 0.2) is 67.0 Å². The van der Waals surface area contributed by atoms with E-state index in [0.717, 1.165) is 36.3 Å². The van der Waals surface area contributed by atoms with Gasteiger partial charge in [0, 0.05) is 24.2 Å². The maximum Gasteiger partial charge on any atom is 0.0963 e. The number of aryl methyl sites for hydroxylation is 1. The Morgan fingerprint density at radius 2 is 1.45 bits per heavy atom. The third-order valence-electron chi connectivity index (χ3n) is 3.74. The molecule has 2 radical (unpaired) electrons. The normalized spacial score (nSPS) is 10.8. The van der Waals surface area contributed by atoms with E-state index < -0.39 is 0 Å². The summed E-state index contributed by atoms with van der Waals surface area (Å²) in [6.07, 6.45) is 3.66. The van der Waals surface area contributed by atoms with Crippen LogP contribution in [0.2, 0.25) is 0 Å². The van der Waals surface area contributed by atoms with Crippen molar-refractivity contribution in [2.75, 3.05) is 6.54 Å². The van der Waals surface area contributed by atoms with Gasteiger partial charge in [0.15, 0.2) is 0 Å². The van der Waals surface area contributed by atoms with Crippen molar-refractivity contribution < 1.29 is 0 Å². The van der Waals surface area contributed by atoms with E-state index in [-0.39, 0.29) is 6.54 Å². The molecule has 110 valence electrons. The molecule has 1 heterocycles. The summed E-state index contributed by atoms with van der Waals surface area (Å²) in [6, 6.07) is 20.6. The maximum atomic E-state index is 8.99. The van der Waals surface area contributed by atoms with Crippen LogP contribution >= 0.6 is 0 Å². The number of hydrogen-bond acceptors (Lipinski definition) is 1. The summed E-state index contributed by atoms with van der Waals surface area (Å²) >= 11 is 0. The molecule has 3 nitrogen and oxygen atoms in total. The third-order valence-corrected chi connectivity index (χ3v) is 3.74. The SMILES string of the molecule is [N]CCCCn1cnc(-c2ccccc2)c1-c1ccccc1. The first kappa shape index (κ1) is 14.5. The van der Waals surface area contributed by atoms with Gasteiger partial charge in [-0.2, -0.15) is 0 Å². The first-order valence-electron chi connectivity index (χ1n) is 7.67. The molecule has 0 saturated heterocycles. The Hall–Kier alpha value is -2.39. The van der Waals surface area contributed by atoms with Gasteiger partial charge in [-0.25, -0.2) is 4.98 Å². The zero-order valence-corrected chi connectivity index (χ0v) is 12.5. The van der Waals surface area contributed by atoms with Gasteiger partial charge in [-0.1, -0.05) is 60.7 Å². The number of imidazole rings is 1. The summed E-state index contributed by atoms with van der Waals surface area (Å²) < 4.78 is 2.19. The predicted molar refractivity (Wildman–Crippen MR) is 89.3 cm³/mol. The molecule has 3 rings (SSSR count). The van der Waals surface area contributed by atoms with E-state index in [4.69, 9.17) is 5.73 Å². The molecule has 3 aromatic rings. The molecule has 0 atom stereocenters. The molecular weight excluding hydrogens is 270 g/mol. The molecular formula is C19H19N3. The van der Waals surface area contributed by atoms with Crippen molar-refractivity contribution in [3.05, 3.63) is 67.0 Å². The van der Waals surface area contributed by atoms with Crippen LogP contribution < -0.4 is 5.73 Å². The Morgan fingerprint density at radius 1 is 0.818 bits per heavy atom. The lowest BCUT2D eigenvalue weighted by molar-refractivity contribution is 0.615. The minimum absolute atomic E-state index is 0.237. The standard InChI is InChI=1S/C19H19N3/c20-13-7-8-14-22-15-21-18(16-9-3-1-4-10-16)19(22)17-11-5-2-6-12-17/h1-6,9-12,15H,7-8,13-14H2. The molecule has 0 spiro atoms. The molecule has 1 aromatic heterocycles. The summed E-state index contributed by atoms with van der Waals surface area (Å²) in [4.78, 5) is 4.64. The van der Waals surface area contributed by atoms with Gasteiger partial charge in [0.05, 0.1) is 17.7 Å². The Morgan fingerprint density at radius 3 is 2.09 bits per heavy atom. The second-order valence-corrected chi connectivity index (χ2v) is 5.30. The summed E-state index contributed by atoms with van der Waals surface area (Å²) in [5, 5.41) is 0. The van der Waals surface area contributed by atoms with Gasteiger partial charge in [-0.05, 0) is 12.8 Å². The van der Waals surface area contributed by atoms with E-state index in [1.54, 1.807) is 0 Å². The van der Waals surface area contributed by atoms with Crippen LogP contribution in [-0.4, -0.2) is 16.1 Å². The average molecular weight is 289 g/mol. The second-order valence-electron chi connectivity index (χ2n) is 5.30. The number of aromatic nitrogens is 2. The molecule has 0 aliphatic heterocycles. The molecule has 0 aliphatic rings. The van der Waals surface area contributed by atoms with Crippen molar-refractivity contribution in [1.82, 2.24) is 15.3 Å². The number of nitrogens with zero attached hydrogens (tertiary/aromatic N) is 3. The molecule has 0 N–H and O–H groups in total. The first-order chi connectivity index (χ1) is 10.9. The highest BCUT2D eigenvalue weighted by Gasteiger charge is 2.14. The summed E-state index contributed by atoms with van der Waals surface area (Å²) in [5.74, 6) is 0. The zero-order chi connectivity index (χ0) is 15.2. The molecule has 2 aromatic carbocycles. The molecule has 0 saturated carbocycles. The van der Waals surface area contributed by atoms with E-state index >= 15 is 0 Å². The van der Waals surface area contributed by atoms with Crippen molar-refractivity contribution in [1.29, 1.82) is 0 Å². The summed E-state index contributed by atoms with van der Waals surface area (Å²) in [7, 11) is 0. The quantitative estimate of drug-likeness (QED) is 0.631. The van der Waals surface area contributed by atoms with Crippen molar-refractivity contribution in [3.8, 4) is 22.5 Å². The van der Waals surface area contributed by atoms with Gasteiger partial charge in [-0.15, -0.1) is 5.73 Å². The number of rotatable bonds is 6. The van der Waals surface area contributed by atoms with Crippen LogP contribution in [0.3, 0.4) is 0 Å². The van der Waals surface area contributed by atoms with Crippen LogP contribution in [0, 0.1) is 0 Å². The molecule has 0 bridgehead atoms. The third kappa shape index (κ3) is 3.10. The lowest BCUT2D eigenvalue weighted by Gasteiger charge is -2.10. The zero-order valence-electron chi connectivity index (χ0n) is 12.5. The molecule has 0 amide bonds. The lowest BCUT2D eigenvalue weighted by atomic mass is 10.0. The predicted octanol–water partition coefficient (Wildman–Crippen LogP) is 4.07. The largest absolute Gasteiger partial charge is 0.330 e. The minimum Gasteiger partial charge on any atom is -0.330 e. The minimum atomic E-state index is 0.237. The Balaban J connectivity index is 2.04. The Labute approximate surface area is 131 Å². The number of hydrogen-bond donors (Lipinski definition) is 0. The smallest absolute Gasteiger partial charge is 0.0963 e. The van der Waals surface area contributed by atoms with E-state index in [1.165, 1.54) is 5.56 Å². The van der Waals surface area contributed by atoms with E-state index in [1.807, 2.05) is 30.6 Å². The molecule has 0 aliphatic carbocycles. The van der Waals surface area contributed by atoms with Gasteiger partial charge in [0.1, 0.15) is 0 Å². The van der Waals surface area contributed by atoms with Crippen molar-refractivity contribution >= 4 is 0 Å². The van der Waals surface area contributed by atoms with Crippen molar-refractivity contribution in [3.63, 3.8) is 0 Å². The highest BCUT2D eigenvalue weighted by atomic mass is 15.1. The lowest BCUT2D eigenvalue weighted by Crippen LogP contribution is -2.00. The van der Waals surface area contributed by atoms with Crippen LogP contribution in [0.25, 0.3) is 22.5 Å². The fourth-order valence-corrected chi connectivity index (χ4v) is 2.65. The van der Waals surface area contributed by atoms with E-state index in [9.17, 15) is 0 Å². The van der Waals surface area contributed by atoms with Gasteiger partial charge >= 0.3 is 0 Å². The number of unbranched alkanes of at least 4 members (excludes halogenated alkanes) is 1. The van der Waals surface area contributed by atoms with Crippen LogP contribution in [0.4, 0.5) is 0 Å². The van der Waals surface area contributed by atoms with Gasteiger partial charge in [0.25, 0.3) is 0 Å². The van der Waals surface area contributed by atoms with Gasteiger partial charge < -0.3 is 4.57 Å². The van der Waals surface area contributed by atoms with Gasteiger partial charge in [0.2, 0.25) is 0 Å². The highest BCUT2D eigenvalue weighted by Crippen LogP contribution is 2.31. The van der Waals surface area contributed by atoms with Crippen LogP contribution in [0.1, 0.15) is 12.8 Å². The topological polar surface area (TPSA) is 40.1 Å². The fraction of sp³-hybridized carbons (Fsp3) is 0.211. The maximum absolute atomic E-state index is 8.99. The van der Waals surface area contributed by atoms with Crippen molar-refractivity contribution in [2.24, 2.45) is 0 Å². The average Bonchev–Trinajstić information content (AvgIpc) is 3.01. The Bertz CT molecular complexity index is 702. The van der Waals surface area contributed by atoms with Crippen LogP contribution in [0.5, 0.6) is 0 Å². The first-order valence-corrected chi connectivity index (χ1v) is 7.67. The highest BCUT2D eigenvalue weighted by molar-refractivity contribution is 5.78. The fourth-order valence-electron chi connectivity index (χ4n) is 2.65. The molecule has 3 heteroatoms. The Kier molecular flexibility index (Phi) is 4.66. The summed E-state index contributed by atoms with van der Waals surface area (Å²) in [5.41, 5.74) is 13.4. The van der Waals surface area contributed by atoms with E-state index in [0.29, 0.717) is 0 Å². The molecule has 22 heavy (non-hydrogen) atoms. The van der Waals surface area contributed by atoms with E-state index in [2.05, 4.69) is 45.9 Å². The summed E-state index contributed by atoms with van der Waals surface area (Å²) in [6.45, 7) is 1.10. The van der Waals surface area contributed by atoms with Crippen molar-refractivity contribution in [2.45, 2.75) is 19.4 Å². The molecule has 0 fully saturated rings.